The number of benzene rings is 1. The molecule has 3 nitrogen and oxygen atoms in total. The number of nitrogens with zero attached hydrogens (tertiary/aromatic N) is 1. The topological polar surface area (TPSA) is 43.4 Å². The molecule has 1 aliphatic rings. The van der Waals surface area contributed by atoms with Crippen molar-refractivity contribution in [3.05, 3.63) is 29.8 Å². The van der Waals surface area contributed by atoms with Gasteiger partial charge in [0.2, 0.25) is 0 Å². The number of hydrogen-bond donors (Lipinski definition) is 0. The normalized spacial score (nSPS) is 17.4. The van der Waals surface area contributed by atoms with Gasteiger partial charge in [-0.15, -0.1) is 0 Å². The number of anilines is 1. The molecule has 0 amide bonds. The first kappa shape index (κ1) is 11.0. The Labute approximate surface area is 95.7 Å². The maximum atomic E-state index is 10.6. The highest BCUT2D eigenvalue weighted by atomic mass is 16.4. The Hall–Kier alpha value is -1.51. The maximum absolute atomic E-state index is 10.6. The predicted octanol–water partition coefficient (Wildman–Crippen LogP) is 1.29. The van der Waals surface area contributed by atoms with Gasteiger partial charge in [-0.2, -0.15) is 0 Å². The summed E-state index contributed by atoms with van der Waals surface area (Å²) in [4.78, 5) is 12.9. The Morgan fingerprint density at radius 2 is 1.81 bits per heavy atom. The average molecular weight is 218 g/mol. The lowest BCUT2D eigenvalue weighted by Gasteiger charge is -2.32. The lowest BCUT2D eigenvalue weighted by atomic mass is 9.99. The van der Waals surface area contributed by atoms with Crippen molar-refractivity contribution in [2.75, 3.05) is 18.0 Å². The zero-order valence-corrected chi connectivity index (χ0v) is 9.48. The second kappa shape index (κ2) is 4.56. The van der Waals surface area contributed by atoms with Gasteiger partial charge in [-0.25, -0.2) is 0 Å². The number of carboxylic acids is 1. The van der Waals surface area contributed by atoms with Gasteiger partial charge in [0.05, 0.1) is 5.97 Å². The minimum Gasteiger partial charge on any atom is -0.545 e. The molecule has 1 aromatic rings. The molecular formula is C13H16NO2-. The van der Waals surface area contributed by atoms with Gasteiger partial charge >= 0.3 is 0 Å². The summed E-state index contributed by atoms with van der Waals surface area (Å²) >= 11 is 0. The van der Waals surface area contributed by atoms with Gasteiger partial charge in [-0.3, -0.25) is 0 Å². The number of hydrogen-bond acceptors (Lipinski definition) is 3. The Bertz CT molecular complexity index is 364. The molecule has 0 saturated carbocycles. The number of aromatic carboxylic acids is 1. The SMILES string of the molecule is CC1CCN(c2ccc(C(=O)[O-])cc2)CC1. The quantitative estimate of drug-likeness (QED) is 0.751. The van der Waals surface area contributed by atoms with E-state index < -0.39 is 5.97 Å². The van der Waals surface area contributed by atoms with Crippen molar-refractivity contribution < 1.29 is 9.90 Å². The number of carbonyl (C=O) groups is 1. The van der Waals surface area contributed by atoms with E-state index in [1.165, 1.54) is 12.8 Å². The van der Waals surface area contributed by atoms with E-state index in [0.29, 0.717) is 0 Å². The molecule has 0 aliphatic carbocycles. The number of piperidine rings is 1. The molecule has 2 rings (SSSR count). The van der Waals surface area contributed by atoms with Crippen molar-refractivity contribution in [1.29, 1.82) is 0 Å². The third kappa shape index (κ3) is 2.35. The summed E-state index contributed by atoms with van der Waals surface area (Å²) in [5.41, 5.74) is 1.35. The van der Waals surface area contributed by atoms with Crippen molar-refractivity contribution in [3.8, 4) is 0 Å². The number of rotatable bonds is 2. The summed E-state index contributed by atoms with van der Waals surface area (Å²) in [7, 11) is 0. The minimum absolute atomic E-state index is 0.245. The molecule has 0 unspecified atom stereocenters. The zero-order valence-electron chi connectivity index (χ0n) is 9.48. The molecule has 0 aromatic heterocycles. The second-order valence-electron chi connectivity index (χ2n) is 4.50. The van der Waals surface area contributed by atoms with Crippen LogP contribution in [-0.2, 0) is 0 Å². The van der Waals surface area contributed by atoms with Crippen LogP contribution in [0.2, 0.25) is 0 Å². The molecule has 0 spiro atoms. The van der Waals surface area contributed by atoms with Crippen molar-refractivity contribution >= 4 is 11.7 Å². The van der Waals surface area contributed by atoms with E-state index in [2.05, 4.69) is 11.8 Å². The van der Waals surface area contributed by atoms with Crippen LogP contribution in [0, 0.1) is 5.92 Å². The van der Waals surface area contributed by atoms with Crippen LogP contribution in [0.3, 0.4) is 0 Å². The Kier molecular flexibility index (Phi) is 3.13. The van der Waals surface area contributed by atoms with Gasteiger partial charge in [0.15, 0.2) is 0 Å². The molecule has 1 aliphatic heterocycles. The van der Waals surface area contributed by atoms with Gasteiger partial charge in [-0.1, -0.05) is 19.1 Å². The smallest absolute Gasteiger partial charge is 0.0715 e. The highest BCUT2D eigenvalue weighted by Gasteiger charge is 2.15. The summed E-state index contributed by atoms with van der Waals surface area (Å²) in [6.07, 6.45) is 2.42. The molecule has 1 aromatic carbocycles. The second-order valence-corrected chi connectivity index (χ2v) is 4.50. The van der Waals surface area contributed by atoms with Crippen LogP contribution in [0.4, 0.5) is 5.69 Å². The van der Waals surface area contributed by atoms with Crippen molar-refractivity contribution in [3.63, 3.8) is 0 Å². The van der Waals surface area contributed by atoms with Crippen LogP contribution in [0.15, 0.2) is 24.3 Å². The molecule has 86 valence electrons. The largest absolute Gasteiger partial charge is 0.545 e. The summed E-state index contributed by atoms with van der Waals surface area (Å²) < 4.78 is 0. The van der Waals surface area contributed by atoms with Crippen LogP contribution < -0.4 is 10.0 Å². The standard InChI is InChI=1S/C13H17NO2/c1-10-6-8-14(9-7-10)12-4-2-11(3-5-12)13(15)16/h2-5,10H,6-9H2,1H3,(H,15,16)/p-1. The van der Waals surface area contributed by atoms with Crippen LogP contribution in [0.5, 0.6) is 0 Å². The van der Waals surface area contributed by atoms with Crippen molar-refractivity contribution in [2.45, 2.75) is 19.8 Å². The lowest BCUT2D eigenvalue weighted by molar-refractivity contribution is -0.255. The van der Waals surface area contributed by atoms with Gasteiger partial charge < -0.3 is 14.8 Å². The number of carbonyl (C=O) groups excluding carboxylic acids is 1. The predicted molar refractivity (Wildman–Crippen MR) is 61.4 cm³/mol. The third-order valence-electron chi connectivity index (χ3n) is 3.25. The Morgan fingerprint density at radius 1 is 1.25 bits per heavy atom. The molecule has 0 bridgehead atoms. The monoisotopic (exact) mass is 218 g/mol. The zero-order chi connectivity index (χ0) is 11.5. The van der Waals surface area contributed by atoms with Crippen LogP contribution >= 0.6 is 0 Å². The van der Waals surface area contributed by atoms with Gasteiger partial charge in [0.1, 0.15) is 0 Å². The molecule has 0 N–H and O–H groups in total. The fraction of sp³-hybridized carbons (Fsp3) is 0.462. The summed E-state index contributed by atoms with van der Waals surface area (Å²) in [5.74, 6) is -0.308. The van der Waals surface area contributed by atoms with Crippen molar-refractivity contribution in [1.82, 2.24) is 0 Å². The van der Waals surface area contributed by atoms with E-state index in [1.54, 1.807) is 12.1 Å². The lowest BCUT2D eigenvalue weighted by Crippen LogP contribution is -2.32. The first-order valence-electron chi connectivity index (χ1n) is 5.73. The highest BCUT2D eigenvalue weighted by molar-refractivity contribution is 5.86. The highest BCUT2D eigenvalue weighted by Crippen LogP contribution is 2.22. The van der Waals surface area contributed by atoms with Crippen LogP contribution in [0.25, 0.3) is 0 Å². The van der Waals surface area contributed by atoms with E-state index in [1.807, 2.05) is 12.1 Å². The van der Waals surface area contributed by atoms with E-state index in [4.69, 9.17) is 0 Å². The molecule has 3 heteroatoms. The molecule has 16 heavy (non-hydrogen) atoms. The average Bonchev–Trinajstić information content (AvgIpc) is 2.30. The van der Waals surface area contributed by atoms with Crippen molar-refractivity contribution in [2.24, 2.45) is 5.92 Å². The molecular weight excluding hydrogens is 202 g/mol. The fourth-order valence-electron chi connectivity index (χ4n) is 2.08. The van der Waals surface area contributed by atoms with E-state index >= 15 is 0 Å². The maximum Gasteiger partial charge on any atom is 0.0715 e. The first-order valence-corrected chi connectivity index (χ1v) is 5.73. The number of carboxylic acid groups (broad SMARTS) is 1. The van der Waals surface area contributed by atoms with E-state index in [0.717, 1.165) is 24.7 Å². The molecule has 1 saturated heterocycles. The van der Waals surface area contributed by atoms with Gasteiger partial charge in [-0.05, 0) is 36.5 Å². The van der Waals surface area contributed by atoms with Crippen LogP contribution in [0.1, 0.15) is 30.1 Å². The Balaban J connectivity index is 2.07. The summed E-state index contributed by atoms with van der Waals surface area (Å²) in [6, 6.07) is 6.95. The molecule has 1 heterocycles. The molecule has 0 radical (unpaired) electrons. The van der Waals surface area contributed by atoms with E-state index in [9.17, 15) is 9.90 Å². The summed E-state index contributed by atoms with van der Waals surface area (Å²) in [6.45, 7) is 4.40. The van der Waals surface area contributed by atoms with Gasteiger partial charge in [0.25, 0.3) is 0 Å². The third-order valence-corrected chi connectivity index (χ3v) is 3.25. The fourth-order valence-corrected chi connectivity index (χ4v) is 2.08. The van der Waals surface area contributed by atoms with E-state index in [-0.39, 0.29) is 5.56 Å². The first-order chi connectivity index (χ1) is 7.66. The molecule has 0 atom stereocenters. The Morgan fingerprint density at radius 3 is 2.31 bits per heavy atom. The van der Waals surface area contributed by atoms with Gasteiger partial charge in [0, 0.05) is 18.8 Å². The van der Waals surface area contributed by atoms with Crippen LogP contribution in [-0.4, -0.2) is 19.1 Å². The minimum atomic E-state index is -1.11. The molecule has 1 fully saturated rings. The summed E-state index contributed by atoms with van der Waals surface area (Å²) in [5, 5.41) is 10.6.